The summed E-state index contributed by atoms with van der Waals surface area (Å²) in [6.07, 6.45) is 10.6. The van der Waals surface area contributed by atoms with Gasteiger partial charge in [0.15, 0.2) is 0 Å². The second-order valence-electron chi connectivity index (χ2n) is 8.32. The summed E-state index contributed by atoms with van der Waals surface area (Å²) >= 11 is 0. The number of hydrogen-bond donors (Lipinski definition) is 0. The van der Waals surface area contributed by atoms with Gasteiger partial charge in [0.1, 0.15) is 11.5 Å². The number of terminal acetylenes is 1. The van der Waals surface area contributed by atoms with Crippen LogP contribution in [0.1, 0.15) is 12.0 Å². The fourth-order valence-electron chi connectivity index (χ4n) is 3.90. The first kappa shape index (κ1) is 33.1. The minimum atomic E-state index is 0.564. The molecule has 38 heavy (non-hydrogen) atoms. The minimum Gasteiger partial charge on any atom is -0.501 e. The van der Waals surface area contributed by atoms with Crippen LogP contribution in [0.15, 0.2) is 35.7 Å². The van der Waals surface area contributed by atoms with Crippen molar-refractivity contribution in [3.63, 3.8) is 0 Å². The van der Waals surface area contributed by atoms with E-state index >= 15 is 0 Å². The van der Waals surface area contributed by atoms with Crippen LogP contribution in [-0.2, 0) is 30.1 Å². The molecule has 0 amide bonds. The van der Waals surface area contributed by atoms with Gasteiger partial charge in [-0.1, -0.05) is 5.92 Å². The second-order valence-corrected chi connectivity index (χ2v) is 8.32. The third kappa shape index (κ3) is 11.2. The van der Waals surface area contributed by atoms with Crippen molar-refractivity contribution in [1.29, 1.82) is 0 Å². The molecule has 0 spiro atoms. The van der Waals surface area contributed by atoms with Crippen LogP contribution in [0.25, 0.3) is 0 Å². The maximum Gasteiger partial charge on any atom is 0.127 e. The van der Waals surface area contributed by atoms with Gasteiger partial charge >= 0.3 is 0 Å². The normalized spacial score (nSPS) is 11.7. The van der Waals surface area contributed by atoms with Crippen molar-refractivity contribution in [1.82, 2.24) is 4.90 Å². The van der Waals surface area contributed by atoms with E-state index in [0.29, 0.717) is 52.4 Å². The molecule has 0 atom stereocenters. The Bertz CT molecular complexity index is 854. The summed E-state index contributed by atoms with van der Waals surface area (Å²) in [5.41, 5.74) is 2.79. The third-order valence-electron chi connectivity index (χ3n) is 6.01. The Morgan fingerprint density at radius 1 is 0.789 bits per heavy atom. The minimum absolute atomic E-state index is 0.564. The van der Waals surface area contributed by atoms with Gasteiger partial charge in [0.2, 0.25) is 0 Å². The van der Waals surface area contributed by atoms with Crippen LogP contribution in [0.5, 0.6) is 11.5 Å². The van der Waals surface area contributed by atoms with E-state index in [1.54, 1.807) is 55.8 Å². The average molecular weight is 535 g/mol. The molecule has 0 N–H and O–H groups in total. The van der Waals surface area contributed by atoms with E-state index < -0.39 is 0 Å². The maximum atomic E-state index is 5.80. The van der Waals surface area contributed by atoms with Gasteiger partial charge in [-0.25, -0.2) is 0 Å². The molecule has 0 aromatic heterocycles. The van der Waals surface area contributed by atoms with E-state index in [0.717, 1.165) is 47.3 Å². The molecule has 1 rings (SSSR count). The van der Waals surface area contributed by atoms with Crippen molar-refractivity contribution < 1.29 is 33.2 Å². The van der Waals surface area contributed by atoms with Gasteiger partial charge in [0.05, 0.1) is 53.5 Å². The van der Waals surface area contributed by atoms with Crippen LogP contribution in [0.2, 0.25) is 0 Å². The fourth-order valence-corrected chi connectivity index (χ4v) is 3.90. The van der Waals surface area contributed by atoms with Gasteiger partial charge < -0.3 is 43.0 Å². The fraction of sp³-hybridized carbons (Fsp3) is 0.586. The molecule has 214 valence electrons. The van der Waals surface area contributed by atoms with E-state index in [9.17, 15) is 0 Å². The van der Waals surface area contributed by atoms with E-state index in [1.807, 2.05) is 18.2 Å². The lowest BCUT2D eigenvalue weighted by molar-refractivity contribution is 0.133. The van der Waals surface area contributed by atoms with E-state index in [1.165, 1.54) is 0 Å². The number of benzene rings is 1. The van der Waals surface area contributed by atoms with Gasteiger partial charge in [-0.3, -0.25) is 0 Å². The Balaban J connectivity index is 3.26. The van der Waals surface area contributed by atoms with Crippen molar-refractivity contribution in [3.8, 4) is 23.8 Å². The number of ether oxygens (including phenoxy) is 7. The molecule has 0 radical (unpaired) electrons. The lowest BCUT2D eigenvalue weighted by Gasteiger charge is -2.26. The summed E-state index contributed by atoms with van der Waals surface area (Å²) < 4.78 is 38.5. The topological polar surface area (TPSA) is 71.1 Å². The summed E-state index contributed by atoms with van der Waals surface area (Å²) in [7, 11) is 11.7. The summed E-state index contributed by atoms with van der Waals surface area (Å²) in [6, 6.07) is 4.06. The molecule has 0 unspecified atom stereocenters. The molecule has 0 aliphatic heterocycles. The number of hydrogen-bond acceptors (Lipinski definition) is 9. The molecule has 0 bridgehead atoms. The Labute approximate surface area is 229 Å². The molecule has 0 aliphatic rings. The monoisotopic (exact) mass is 534 g/mol. The average Bonchev–Trinajstić information content (AvgIpc) is 2.94. The molecular weight excluding hydrogens is 488 g/mol. The first-order valence-corrected chi connectivity index (χ1v) is 12.6. The van der Waals surface area contributed by atoms with Crippen LogP contribution in [-0.4, -0.2) is 107 Å². The Morgan fingerprint density at radius 3 is 1.71 bits per heavy atom. The van der Waals surface area contributed by atoms with Crippen molar-refractivity contribution >= 4 is 5.69 Å². The van der Waals surface area contributed by atoms with Crippen molar-refractivity contribution in [2.24, 2.45) is 0 Å². The van der Waals surface area contributed by atoms with Crippen LogP contribution < -0.4 is 14.4 Å². The van der Waals surface area contributed by atoms with Gasteiger partial charge in [0.25, 0.3) is 0 Å². The number of rotatable bonds is 21. The smallest absolute Gasteiger partial charge is 0.127 e. The summed E-state index contributed by atoms with van der Waals surface area (Å²) in [6.45, 7) is 5.10. The molecular formula is C29H46N2O7. The predicted octanol–water partition coefficient (Wildman–Crippen LogP) is 3.38. The molecule has 0 fully saturated rings. The Kier molecular flexibility index (Phi) is 17.5. The van der Waals surface area contributed by atoms with E-state index in [-0.39, 0.29) is 0 Å². The molecule has 9 nitrogen and oxygen atoms in total. The van der Waals surface area contributed by atoms with Gasteiger partial charge in [0, 0.05) is 96.2 Å². The van der Waals surface area contributed by atoms with Crippen molar-refractivity contribution in [2.75, 3.05) is 107 Å². The highest BCUT2D eigenvalue weighted by molar-refractivity contribution is 5.60. The van der Waals surface area contributed by atoms with Crippen molar-refractivity contribution in [2.45, 2.75) is 12.8 Å². The quantitative estimate of drug-likeness (QED) is 0.134. The van der Waals surface area contributed by atoms with Gasteiger partial charge in [-0.2, -0.15) is 0 Å². The lowest BCUT2D eigenvalue weighted by atomic mass is 10.0. The molecule has 9 heteroatoms. The van der Waals surface area contributed by atoms with E-state index in [2.05, 4.69) is 15.7 Å². The van der Waals surface area contributed by atoms with E-state index in [4.69, 9.17) is 39.6 Å². The summed E-state index contributed by atoms with van der Waals surface area (Å²) in [4.78, 5) is 4.31. The SMILES string of the molecule is C#C/C=C(\C=C(/CCc1c(OC)cc(N(CCOC)CCOC)cc1OC)OC)N(CCOC)CCOC. The Morgan fingerprint density at radius 2 is 1.29 bits per heavy atom. The maximum absolute atomic E-state index is 5.80. The first-order chi connectivity index (χ1) is 18.5. The zero-order valence-corrected chi connectivity index (χ0v) is 24.2. The Hall–Kier alpha value is -2.90. The molecule has 0 aliphatic carbocycles. The molecule has 1 aromatic carbocycles. The van der Waals surface area contributed by atoms with Crippen LogP contribution >= 0.6 is 0 Å². The van der Waals surface area contributed by atoms with Crippen LogP contribution in [0.3, 0.4) is 0 Å². The third-order valence-corrected chi connectivity index (χ3v) is 6.01. The zero-order chi connectivity index (χ0) is 28.2. The predicted molar refractivity (Wildman–Crippen MR) is 151 cm³/mol. The first-order valence-electron chi connectivity index (χ1n) is 12.6. The largest absolute Gasteiger partial charge is 0.501 e. The highest BCUT2D eigenvalue weighted by Gasteiger charge is 2.17. The molecule has 0 saturated heterocycles. The van der Waals surface area contributed by atoms with Crippen LogP contribution in [0, 0.1) is 12.3 Å². The number of methoxy groups -OCH3 is 7. The highest BCUT2D eigenvalue weighted by Crippen LogP contribution is 2.36. The van der Waals surface area contributed by atoms with Crippen LogP contribution in [0.4, 0.5) is 5.69 Å². The number of allylic oxidation sites excluding steroid dienone is 3. The highest BCUT2D eigenvalue weighted by atomic mass is 16.5. The zero-order valence-electron chi connectivity index (χ0n) is 24.2. The summed E-state index contributed by atoms with van der Waals surface area (Å²) in [5, 5.41) is 0. The molecule has 1 aromatic rings. The van der Waals surface area contributed by atoms with Crippen molar-refractivity contribution in [3.05, 3.63) is 41.3 Å². The number of anilines is 1. The standard InChI is InChI=1S/C29H46N2O7/c1-9-10-24(30(13-17-32-2)14-18-33-3)21-26(36-6)11-12-27-28(37-7)22-25(23-29(27)38-8)31(15-19-34-4)16-20-35-5/h1,10,21-23H,11-20H2,2-8H3/b24-10+,26-21+. The molecule has 0 saturated carbocycles. The second kappa shape index (κ2) is 20.1. The number of nitrogens with zero attached hydrogens (tertiary/aromatic N) is 2. The van der Waals surface area contributed by atoms with Gasteiger partial charge in [-0.15, -0.1) is 6.42 Å². The lowest BCUT2D eigenvalue weighted by Crippen LogP contribution is -2.30. The summed E-state index contributed by atoms with van der Waals surface area (Å²) in [5.74, 6) is 4.91. The molecule has 0 heterocycles. The van der Waals surface area contributed by atoms with Gasteiger partial charge in [-0.05, 0) is 12.5 Å².